The number of methoxy groups -OCH3 is 1. The van der Waals surface area contributed by atoms with Crippen LogP contribution in [0.25, 0.3) is 0 Å². The number of para-hydroxylation sites is 1. The van der Waals surface area contributed by atoms with Gasteiger partial charge in [-0.25, -0.2) is 0 Å². The molecule has 2 unspecified atom stereocenters. The third-order valence-corrected chi connectivity index (χ3v) is 3.47. The first-order valence-electron chi connectivity index (χ1n) is 6.97. The van der Waals surface area contributed by atoms with Gasteiger partial charge >= 0.3 is 5.97 Å². The van der Waals surface area contributed by atoms with Gasteiger partial charge in [-0.3, -0.25) is 4.79 Å². The van der Waals surface area contributed by atoms with Crippen LogP contribution in [0.15, 0.2) is 24.3 Å². The predicted octanol–water partition coefficient (Wildman–Crippen LogP) is 2.58. The molecule has 1 rings (SSSR count). The zero-order chi connectivity index (χ0) is 15.2. The van der Waals surface area contributed by atoms with Crippen molar-refractivity contribution in [3.05, 3.63) is 29.8 Å². The van der Waals surface area contributed by atoms with Crippen LogP contribution in [-0.2, 0) is 16.0 Å². The number of carbonyl (C=O) groups is 1. The molecule has 0 aliphatic rings. The van der Waals surface area contributed by atoms with E-state index in [2.05, 4.69) is 0 Å². The van der Waals surface area contributed by atoms with Gasteiger partial charge in [0.25, 0.3) is 0 Å². The number of hydrogen-bond donors (Lipinski definition) is 1. The second kappa shape index (κ2) is 7.29. The average Bonchev–Trinajstić information content (AvgIpc) is 2.39. The van der Waals surface area contributed by atoms with Crippen LogP contribution in [-0.4, -0.2) is 30.4 Å². The van der Waals surface area contributed by atoms with Crippen molar-refractivity contribution < 1.29 is 19.4 Å². The van der Waals surface area contributed by atoms with Gasteiger partial charge in [-0.1, -0.05) is 25.1 Å². The molecule has 112 valence electrons. The van der Waals surface area contributed by atoms with Gasteiger partial charge in [0.05, 0.1) is 25.2 Å². The lowest BCUT2D eigenvalue weighted by atomic mass is 9.82. The van der Waals surface area contributed by atoms with Crippen LogP contribution in [0.5, 0.6) is 5.75 Å². The topological polar surface area (TPSA) is 55.8 Å². The van der Waals surface area contributed by atoms with Crippen molar-refractivity contribution in [3.8, 4) is 5.75 Å². The van der Waals surface area contributed by atoms with Gasteiger partial charge in [0.2, 0.25) is 0 Å². The van der Waals surface area contributed by atoms with Crippen LogP contribution < -0.4 is 4.74 Å². The van der Waals surface area contributed by atoms with Crippen molar-refractivity contribution in [3.63, 3.8) is 0 Å². The molecule has 0 fully saturated rings. The maximum atomic E-state index is 12.0. The quantitative estimate of drug-likeness (QED) is 0.780. The van der Waals surface area contributed by atoms with Crippen molar-refractivity contribution in [2.45, 2.75) is 39.2 Å². The molecule has 1 aromatic carbocycles. The molecule has 0 heterocycles. The maximum Gasteiger partial charge on any atom is 0.311 e. The molecule has 0 spiro atoms. The Hall–Kier alpha value is -1.55. The number of esters is 1. The number of carbonyl (C=O) groups excluding carboxylic acids is 1. The molecule has 0 aliphatic carbocycles. The largest absolute Gasteiger partial charge is 0.496 e. The summed E-state index contributed by atoms with van der Waals surface area (Å²) in [5.74, 6) is -0.186. The van der Waals surface area contributed by atoms with Gasteiger partial charge in [-0.15, -0.1) is 0 Å². The zero-order valence-electron chi connectivity index (χ0n) is 12.7. The Balaban J connectivity index is 2.94. The first kappa shape index (κ1) is 16.5. The standard InChI is InChI=1S/C16H24O4/c1-5-13(15(17)20-6-2)16(3,18)11-12-9-7-8-10-14(12)19-4/h7-10,13,18H,5-6,11H2,1-4H3. The highest BCUT2D eigenvalue weighted by Gasteiger charge is 2.37. The van der Waals surface area contributed by atoms with E-state index in [4.69, 9.17) is 9.47 Å². The number of rotatable bonds is 7. The molecule has 4 heteroatoms. The van der Waals surface area contributed by atoms with E-state index in [-0.39, 0.29) is 5.97 Å². The van der Waals surface area contributed by atoms with E-state index in [1.165, 1.54) is 0 Å². The number of hydrogen-bond acceptors (Lipinski definition) is 4. The third-order valence-electron chi connectivity index (χ3n) is 3.47. The molecule has 1 N–H and O–H groups in total. The fraction of sp³-hybridized carbons (Fsp3) is 0.562. The van der Waals surface area contributed by atoms with E-state index in [0.29, 0.717) is 25.2 Å². The minimum Gasteiger partial charge on any atom is -0.496 e. The molecule has 4 nitrogen and oxygen atoms in total. The lowest BCUT2D eigenvalue weighted by molar-refractivity contribution is -0.157. The minimum absolute atomic E-state index is 0.320. The predicted molar refractivity (Wildman–Crippen MR) is 77.7 cm³/mol. The summed E-state index contributed by atoms with van der Waals surface area (Å²) in [6, 6.07) is 7.50. The Morgan fingerprint density at radius 2 is 2.00 bits per heavy atom. The summed E-state index contributed by atoms with van der Waals surface area (Å²) in [5, 5.41) is 10.7. The highest BCUT2D eigenvalue weighted by Crippen LogP contribution is 2.30. The maximum absolute atomic E-state index is 12.0. The minimum atomic E-state index is -1.17. The second-order valence-electron chi connectivity index (χ2n) is 5.06. The summed E-state index contributed by atoms with van der Waals surface area (Å²) in [5.41, 5.74) is -0.293. The van der Waals surface area contributed by atoms with Crippen molar-refractivity contribution in [2.24, 2.45) is 5.92 Å². The number of benzene rings is 1. The summed E-state index contributed by atoms with van der Waals surface area (Å²) < 4.78 is 10.3. The molecule has 0 aromatic heterocycles. The molecule has 0 saturated heterocycles. The molecular formula is C16H24O4. The normalized spacial score (nSPS) is 15.2. The van der Waals surface area contributed by atoms with Crippen molar-refractivity contribution in [2.75, 3.05) is 13.7 Å². The van der Waals surface area contributed by atoms with Gasteiger partial charge in [0.1, 0.15) is 5.75 Å². The Labute approximate surface area is 120 Å². The first-order valence-corrected chi connectivity index (χ1v) is 6.97. The molecular weight excluding hydrogens is 256 g/mol. The number of ether oxygens (including phenoxy) is 2. The molecule has 20 heavy (non-hydrogen) atoms. The lowest BCUT2D eigenvalue weighted by Gasteiger charge is -2.31. The molecule has 0 radical (unpaired) electrons. The Morgan fingerprint density at radius 1 is 1.35 bits per heavy atom. The molecule has 1 aromatic rings. The van der Waals surface area contributed by atoms with Crippen molar-refractivity contribution in [1.82, 2.24) is 0 Å². The zero-order valence-corrected chi connectivity index (χ0v) is 12.7. The summed E-state index contributed by atoms with van der Waals surface area (Å²) in [4.78, 5) is 12.0. The third kappa shape index (κ3) is 3.97. The molecule has 0 amide bonds. The van der Waals surface area contributed by atoms with Crippen LogP contribution in [0.1, 0.15) is 32.8 Å². The first-order chi connectivity index (χ1) is 9.46. The molecule has 0 saturated carbocycles. The van der Waals surface area contributed by atoms with Gasteiger partial charge in [-0.2, -0.15) is 0 Å². The highest BCUT2D eigenvalue weighted by molar-refractivity contribution is 5.73. The van der Waals surface area contributed by atoms with E-state index in [9.17, 15) is 9.90 Å². The smallest absolute Gasteiger partial charge is 0.311 e. The summed E-state index contributed by atoms with van der Waals surface area (Å²) in [6.45, 7) is 5.63. The number of aliphatic hydroxyl groups is 1. The average molecular weight is 280 g/mol. The monoisotopic (exact) mass is 280 g/mol. The van der Waals surface area contributed by atoms with Crippen LogP contribution in [0.3, 0.4) is 0 Å². The van der Waals surface area contributed by atoms with Crippen LogP contribution >= 0.6 is 0 Å². The SMILES string of the molecule is CCOC(=O)C(CC)C(C)(O)Cc1ccccc1OC. The molecule has 0 aliphatic heterocycles. The van der Waals surface area contributed by atoms with Crippen LogP contribution in [0.2, 0.25) is 0 Å². The summed E-state index contributed by atoms with van der Waals surface area (Å²) in [7, 11) is 1.59. The van der Waals surface area contributed by atoms with E-state index < -0.39 is 11.5 Å². The second-order valence-corrected chi connectivity index (χ2v) is 5.06. The summed E-state index contributed by atoms with van der Waals surface area (Å²) in [6.07, 6.45) is 0.870. The van der Waals surface area contributed by atoms with E-state index in [0.717, 1.165) is 5.56 Å². The fourth-order valence-corrected chi connectivity index (χ4v) is 2.46. The van der Waals surface area contributed by atoms with Crippen molar-refractivity contribution in [1.29, 1.82) is 0 Å². The lowest BCUT2D eigenvalue weighted by Crippen LogP contribution is -2.42. The van der Waals surface area contributed by atoms with Crippen LogP contribution in [0, 0.1) is 5.92 Å². The Kier molecular flexibility index (Phi) is 6.02. The van der Waals surface area contributed by atoms with Gasteiger partial charge in [0, 0.05) is 6.42 Å². The molecule has 2 atom stereocenters. The Morgan fingerprint density at radius 3 is 2.55 bits per heavy atom. The van der Waals surface area contributed by atoms with Gasteiger partial charge in [0.15, 0.2) is 0 Å². The van der Waals surface area contributed by atoms with Crippen LogP contribution in [0.4, 0.5) is 0 Å². The van der Waals surface area contributed by atoms with Gasteiger partial charge in [-0.05, 0) is 31.9 Å². The van der Waals surface area contributed by atoms with E-state index in [1.54, 1.807) is 21.0 Å². The summed E-state index contributed by atoms with van der Waals surface area (Å²) >= 11 is 0. The highest BCUT2D eigenvalue weighted by atomic mass is 16.5. The van der Waals surface area contributed by atoms with E-state index >= 15 is 0 Å². The Bertz CT molecular complexity index is 440. The van der Waals surface area contributed by atoms with E-state index in [1.807, 2.05) is 31.2 Å². The van der Waals surface area contributed by atoms with Crippen molar-refractivity contribution >= 4 is 5.97 Å². The fourth-order valence-electron chi connectivity index (χ4n) is 2.46. The van der Waals surface area contributed by atoms with Gasteiger partial charge < -0.3 is 14.6 Å². The molecule has 0 bridgehead atoms.